The summed E-state index contributed by atoms with van der Waals surface area (Å²) in [6.07, 6.45) is 2.86. The van der Waals surface area contributed by atoms with E-state index in [2.05, 4.69) is 26.0 Å². The summed E-state index contributed by atoms with van der Waals surface area (Å²) in [5.74, 6) is 0.954. The van der Waals surface area contributed by atoms with Crippen LogP contribution in [0.3, 0.4) is 0 Å². The van der Waals surface area contributed by atoms with Crippen LogP contribution in [0.4, 0.5) is 0 Å². The summed E-state index contributed by atoms with van der Waals surface area (Å²) in [4.78, 5) is 29.6. The SMILES string of the molecule is CCCc1nc2ccc(Br)cc2c(=O)n1N=Cc1ccc(-c2cc(C(=O)OC)ccc2Cl)o1. The van der Waals surface area contributed by atoms with E-state index in [4.69, 9.17) is 20.8 Å². The van der Waals surface area contributed by atoms with E-state index >= 15 is 0 Å². The maximum atomic E-state index is 13.1. The van der Waals surface area contributed by atoms with Gasteiger partial charge in [0.15, 0.2) is 0 Å². The van der Waals surface area contributed by atoms with Gasteiger partial charge in [0, 0.05) is 16.5 Å². The maximum absolute atomic E-state index is 13.1. The molecule has 0 aliphatic rings. The lowest BCUT2D eigenvalue weighted by molar-refractivity contribution is 0.0601. The van der Waals surface area contributed by atoms with Crippen molar-refractivity contribution >= 4 is 50.6 Å². The minimum Gasteiger partial charge on any atom is -0.465 e. The van der Waals surface area contributed by atoms with Crippen molar-refractivity contribution in [3.8, 4) is 11.3 Å². The predicted molar refractivity (Wildman–Crippen MR) is 131 cm³/mol. The first-order valence-corrected chi connectivity index (χ1v) is 11.3. The van der Waals surface area contributed by atoms with Crippen molar-refractivity contribution in [1.82, 2.24) is 9.66 Å². The topological polar surface area (TPSA) is 86.7 Å². The van der Waals surface area contributed by atoms with E-state index < -0.39 is 5.97 Å². The first kappa shape index (κ1) is 22.9. The minimum atomic E-state index is -0.473. The molecule has 0 spiro atoms. The Labute approximate surface area is 202 Å². The number of methoxy groups -OCH3 is 1. The molecule has 0 aliphatic heterocycles. The number of rotatable bonds is 6. The molecule has 0 unspecified atom stereocenters. The van der Waals surface area contributed by atoms with Crippen LogP contribution in [0.1, 0.15) is 35.3 Å². The number of aromatic nitrogens is 2. The highest BCUT2D eigenvalue weighted by molar-refractivity contribution is 9.10. The Morgan fingerprint density at radius 1 is 1.24 bits per heavy atom. The largest absolute Gasteiger partial charge is 0.465 e. The standard InChI is InChI=1S/C24H19BrClN3O4/c1-3-4-22-28-20-9-6-15(25)12-18(20)23(30)29(22)27-13-16-7-10-21(33-16)17-11-14(24(31)32-2)5-8-19(17)26/h5-13H,3-4H2,1-2H3. The number of nitrogens with zero attached hydrogens (tertiary/aromatic N) is 3. The summed E-state index contributed by atoms with van der Waals surface area (Å²) in [6, 6.07) is 13.6. The van der Waals surface area contributed by atoms with Crippen LogP contribution in [0.5, 0.6) is 0 Å². The lowest BCUT2D eigenvalue weighted by atomic mass is 10.1. The Balaban J connectivity index is 1.72. The highest BCUT2D eigenvalue weighted by Crippen LogP contribution is 2.30. The highest BCUT2D eigenvalue weighted by Gasteiger charge is 2.14. The van der Waals surface area contributed by atoms with E-state index in [1.807, 2.05) is 13.0 Å². The van der Waals surface area contributed by atoms with E-state index in [1.54, 1.807) is 42.5 Å². The highest BCUT2D eigenvalue weighted by atomic mass is 79.9. The monoisotopic (exact) mass is 527 g/mol. The number of benzene rings is 2. The molecule has 0 atom stereocenters. The number of esters is 1. The van der Waals surface area contributed by atoms with E-state index in [0.29, 0.717) is 50.8 Å². The summed E-state index contributed by atoms with van der Waals surface area (Å²) >= 11 is 9.70. The second-order valence-corrected chi connectivity index (χ2v) is 8.51. The van der Waals surface area contributed by atoms with Crippen LogP contribution in [-0.4, -0.2) is 29.0 Å². The number of aryl methyl sites for hydroxylation is 1. The molecule has 0 saturated carbocycles. The Morgan fingerprint density at radius 2 is 2.06 bits per heavy atom. The van der Waals surface area contributed by atoms with Crippen LogP contribution >= 0.6 is 27.5 Å². The number of hydrogen-bond acceptors (Lipinski definition) is 6. The predicted octanol–water partition coefficient (Wildman–Crippen LogP) is 5.69. The van der Waals surface area contributed by atoms with Crippen molar-refractivity contribution in [3.05, 3.63) is 85.5 Å². The smallest absolute Gasteiger partial charge is 0.337 e. The summed E-state index contributed by atoms with van der Waals surface area (Å²) in [7, 11) is 1.31. The number of furan rings is 1. The fourth-order valence-electron chi connectivity index (χ4n) is 3.34. The summed E-state index contributed by atoms with van der Waals surface area (Å²) in [6.45, 7) is 2.01. The fraction of sp³-hybridized carbons (Fsp3) is 0.167. The van der Waals surface area contributed by atoms with E-state index in [9.17, 15) is 9.59 Å². The summed E-state index contributed by atoms with van der Waals surface area (Å²) < 4.78 is 12.7. The average Bonchev–Trinajstić information content (AvgIpc) is 3.28. The van der Waals surface area contributed by atoms with Gasteiger partial charge in [0.05, 0.1) is 34.8 Å². The van der Waals surface area contributed by atoms with Gasteiger partial charge in [-0.1, -0.05) is 34.5 Å². The molecule has 7 nitrogen and oxygen atoms in total. The zero-order valence-electron chi connectivity index (χ0n) is 17.8. The normalized spacial score (nSPS) is 11.4. The van der Waals surface area contributed by atoms with Gasteiger partial charge in [-0.25, -0.2) is 9.78 Å². The Kier molecular flexibility index (Phi) is 6.76. The van der Waals surface area contributed by atoms with Crippen molar-refractivity contribution in [3.63, 3.8) is 0 Å². The Hall–Kier alpha value is -3.23. The van der Waals surface area contributed by atoms with Gasteiger partial charge in [0.2, 0.25) is 0 Å². The van der Waals surface area contributed by atoms with Crippen LogP contribution in [-0.2, 0) is 11.2 Å². The molecule has 168 valence electrons. The van der Waals surface area contributed by atoms with Gasteiger partial charge in [-0.3, -0.25) is 4.79 Å². The molecule has 0 aliphatic carbocycles. The van der Waals surface area contributed by atoms with Crippen molar-refractivity contribution in [1.29, 1.82) is 0 Å². The van der Waals surface area contributed by atoms with Crippen LogP contribution in [0, 0.1) is 0 Å². The van der Waals surface area contributed by atoms with Crippen molar-refractivity contribution < 1.29 is 13.9 Å². The van der Waals surface area contributed by atoms with E-state index in [1.165, 1.54) is 18.0 Å². The first-order valence-electron chi connectivity index (χ1n) is 10.1. The number of carbonyl (C=O) groups is 1. The molecule has 0 bridgehead atoms. The minimum absolute atomic E-state index is 0.262. The lowest BCUT2D eigenvalue weighted by Gasteiger charge is -2.08. The van der Waals surface area contributed by atoms with Gasteiger partial charge in [-0.05, 0) is 55.0 Å². The third kappa shape index (κ3) is 4.77. The molecule has 33 heavy (non-hydrogen) atoms. The van der Waals surface area contributed by atoms with Crippen LogP contribution in [0.25, 0.3) is 22.2 Å². The second kappa shape index (κ2) is 9.72. The van der Waals surface area contributed by atoms with Crippen LogP contribution in [0.2, 0.25) is 5.02 Å². The van der Waals surface area contributed by atoms with Gasteiger partial charge in [0.25, 0.3) is 5.56 Å². The molecule has 2 aromatic carbocycles. The zero-order chi connectivity index (χ0) is 23.5. The molecule has 0 amide bonds. The number of hydrogen-bond donors (Lipinski definition) is 0. The van der Waals surface area contributed by atoms with Crippen LogP contribution in [0.15, 0.2) is 67.3 Å². The van der Waals surface area contributed by atoms with E-state index in [-0.39, 0.29) is 5.56 Å². The van der Waals surface area contributed by atoms with Gasteiger partial charge in [-0.15, -0.1) is 0 Å². The van der Waals surface area contributed by atoms with Gasteiger partial charge < -0.3 is 9.15 Å². The van der Waals surface area contributed by atoms with Crippen LogP contribution < -0.4 is 5.56 Å². The van der Waals surface area contributed by atoms with Gasteiger partial charge in [0.1, 0.15) is 17.3 Å². The lowest BCUT2D eigenvalue weighted by Crippen LogP contribution is -2.22. The summed E-state index contributed by atoms with van der Waals surface area (Å²) in [5.41, 5.74) is 1.26. The van der Waals surface area contributed by atoms with Gasteiger partial charge >= 0.3 is 5.97 Å². The molecule has 9 heteroatoms. The number of halogens is 2. The molecular weight excluding hydrogens is 510 g/mol. The number of ether oxygens (including phenoxy) is 1. The third-order valence-corrected chi connectivity index (χ3v) is 5.75. The molecule has 4 aromatic rings. The quantitative estimate of drug-likeness (QED) is 0.237. The average molecular weight is 529 g/mol. The Bertz CT molecular complexity index is 1440. The number of fused-ring (bicyclic) bond motifs is 1. The molecule has 4 rings (SSSR count). The molecule has 0 saturated heterocycles. The molecule has 2 heterocycles. The third-order valence-electron chi connectivity index (χ3n) is 4.93. The first-order chi connectivity index (χ1) is 15.9. The fourth-order valence-corrected chi connectivity index (χ4v) is 3.91. The molecule has 2 aromatic heterocycles. The van der Waals surface area contributed by atoms with Crippen molar-refractivity contribution in [2.24, 2.45) is 5.10 Å². The van der Waals surface area contributed by atoms with Crippen molar-refractivity contribution in [2.75, 3.05) is 7.11 Å². The van der Waals surface area contributed by atoms with E-state index in [0.717, 1.165) is 10.9 Å². The Morgan fingerprint density at radius 3 is 2.82 bits per heavy atom. The van der Waals surface area contributed by atoms with Crippen molar-refractivity contribution in [2.45, 2.75) is 19.8 Å². The second-order valence-electron chi connectivity index (χ2n) is 7.19. The molecule has 0 fully saturated rings. The molecular formula is C24H19BrClN3O4. The number of carbonyl (C=O) groups excluding carboxylic acids is 1. The summed E-state index contributed by atoms with van der Waals surface area (Å²) in [5, 5.41) is 5.25. The molecule has 0 N–H and O–H groups in total. The maximum Gasteiger partial charge on any atom is 0.337 e. The molecule has 0 radical (unpaired) electrons. The zero-order valence-corrected chi connectivity index (χ0v) is 20.2. The van der Waals surface area contributed by atoms with Gasteiger partial charge in [-0.2, -0.15) is 9.78 Å².